The van der Waals surface area contributed by atoms with E-state index in [2.05, 4.69) is 4.98 Å². The van der Waals surface area contributed by atoms with Crippen LogP contribution in [0.3, 0.4) is 0 Å². The van der Waals surface area contributed by atoms with Gasteiger partial charge >= 0.3 is 11.9 Å². The summed E-state index contributed by atoms with van der Waals surface area (Å²) in [5, 5.41) is 0.442. The number of ketones is 1. The average Bonchev–Trinajstić information content (AvgIpc) is 2.88. The van der Waals surface area contributed by atoms with Crippen molar-refractivity contribution in [3.8, 4) is 17.2 Å². The van der Waals surface area contributed by atoms with Crippen molar-refractivity contribution in [2.45, 2.75) is 46.3 Å². The van der Waals surface area contributed by atoms with Gasteiger partial charge in [0.05, 0.1) is 18.1 Å². The quantitative estimate of drug-likeness (QED) is 0.218. The number of methoxy groups -OCH3 is 1. The molecule has 0 saturated heterocycles. The van der Waals surface area contributed by atoms with E-state index in [9.17, 15) is 14.4 Å². The first-order valence-electron chi connectivity index (χ1n) is 12.0. The van der Waals surface area contributed by atoms with Gasteiger partial charge in [0, 0.05) is 25.6 Å². The molecule has 0 aliphatic heterocycles. The van der Waals surface area contributed by atoms with Crippen LogP contribution < -0.4 is 14.2 Å². The fraction of sp³-hybridized carbons (Fsp3) is 0.310. The number of aryl methyl sites for hydroxylation is 1. The Bertz CT molecular complexity index is 1300. The number of nitrogens with zero attached hydrogens (tertiary/aromatic N) is 1. The summed E-state index contributed by atoms with van der Waals surface area (Å²) in [5.41, 5.74) is 1.67. The van der Waals surface area contributed by atoms with Gasteiger partial charge in [0.1, 0.15) is 11.9 Å². The summed E-state index contributed by atoms with van der Waals surface area (Å²) in [4.78, 5) is 41.6. The number of carbonyl (C=O) groups is 3. The van der Waals surface area contributed by atoms with Crippen LogP contribution in [0.5, 0.6) is 17.2 Å². The molecule has 0 bridgehead atoms. The lowest BCUT2D eigenvalue weighted by molar-refractivity contribution is -0.157. The largest absolute Gasteiger partial charge is 0.493 e. The summed E-state index contributed by atoms with van der Waals surface area (Å²) < 4.78 is 22.3. The van der Waals surface area contributed by atoms with Crippen LogP contribution in [0.2, 0.25) is 5.02 Å². The Balaban J connectivity index is 1.76. The number of aromatic nitrogens is 1. The molecule has 8 nitrogen and oxygen atoms in total. The normalized spacial score (nSPS) is 13.1. The highest BCUT2D eigenvalue weighted by Gasteiger charge is 2.30. The third-order valence-electron chi connectivity index (χ3n) is 5.69. The fourth-order valence-electron chi connectivity index (χ4n) is 3.77. The number of hydrogen-bond acceptors (Lipinski definition) is 8. The molecule has 3 rings (SSSR count). The summed E-state index contributed by atoms with van der Waals surface area (Å²) in [6.45, 7) is 6.42. The molecule has 0 fully saturated rings. The molecule has 0 spiro atoms. The summed E-state index contributed by atoms with van der Waals surface area (Å²) in [6, 6.07) is 16.2. The van der Waals surface area contributed by atoms with E-state index >= 15 is 0 Å². The molecule has 200 valence electrons. The molecule has 0 aliphatic carbocycles. The molecule has 1 aromatic heterocycles. The lowest BCUT2D eigenvalue weighted by Gasteiger charge is -2.27. The van der Waals surface area contributed by atoms with Gasteiger partial charge in [0.25, 0.3) is 0 Å². The Hall–Kier alpha value is -3.91. The summed E-state index contributed by atoms with van der Waals surface area (Å²) in [7, 11) is 1.38. The zero-order valence-corrected chi connectivity index (χ0v) is 22.7. The molecular weight excluding hydrogens is 510 g/mol. The van der Waals surface area contributed by atoms with E-state index in [4.69, 9.17) is 30.5 Å². The van der Waals surface area contributed by atoms with E-state index in [-0.39, 0.29) is 23.6 Å². The number of hydrogen-bond donors (Lipinski definition) is 0. The number of carbonyl (C=O) groups excluding carboxylic acids is 3. The van der Waals surface area contributed by atoms with Crippen molar-refractivity contribution in [1.82, 2.24) is 4.98 Å². The number of benzene rings is 2. The van der Waals surface area contributed by atoms with Crippen LogP contribution in [0.15, 0.2) is 60.8 Å². The lowest BCUT2D eigenvalue weighted by Crippen LogP contribution is -2.30. The van der Waals surface area contributed by atoms with Crippen molar-refractivity contribution in [3.63, 3.8) is 0 Å². The maximum Gasteiger partial charge on any atom is 0.309 e. The molecule has 2 aromatic carbocycles. The molecule has 3 atom stereocenters. The van der Waals surface area contributed by atoms with Gasteiger partial charge in [-0.1, -0.05) is 54.9 Å². The van der Waals surface area contributed by atoms with Crippen LogP contribution in [-0.4, -0.2) is 35.9 Å². The lowest BCUT2D eigenvalue weighted by atomic mass is 10.0. The van der Waals surface area contributed by atoms with Crippen LogP contribution in [0.25, 0.3) is 0 Å². The van der Waals surface area contributed by atoms with Gasteiger partial charge in [0.15, 0.2) is 23.3 Å². The van der Waals surface area contributed by atoms with Crippen molar-refractivity contribution in [2.75, 3.05) is 7.11 Å². The molecule has 0 unspecified atom stereocenters. The minimum absolute atomic E-state index is 0.0889. The van der Waals surface area contributed by atoms with Gasteiger partial charge in [0.2, 0.25) is 5.75 Å². The van der Waals surface area contributed by atoms with Gasteiger partial charge in [-0.05, 0) is 37.1 Å². The molecule has 9 heteroatoms. The maximum atomic E-state index is 13.0. The molecule has 0 aliphatic rings. The Morgan fingerprint density at radius 3 is 2.34 bits per heavy atom. The third-order valence-corrected chi connectivity index (χ3v) is 5.99. The summed E-state index contributed by atoms with van der Waals surface area (Å²) in [6.07, 6.45) is -0.229. The monoisotopic (exact) mass is 539 g/mol. The summed E-state index contributed by atoms with van der Waals surface area (Å²) >= 11 is 6.39. The second-order valence-corrected chi connectivity index (χ2v) is 9.25. The predicted molar refractivity (Wildman–Crippen MR) is 142 cm³/mol. The van der Waals surface area contributed by atoms with Crippen molar-refractivity contribution in [1.29, 1.82) is 0 Å². The first kappa shape index (κ1) is 28.7. The number of rotatable bonds is 11. The van der Waals surface area contributed by atoms with E-state index in [0.29, 0.717) is 10.8 Å². The van der Waals surface area contributed by atoms with E-state index in [1.807, 2.05) is 43.3 Å². The fourth-order valence-corrected chi connectivity index (χ4v) is 4.05. The number of Topliss-reactive ketones (excluding diaryl/α,β-unsaturated/α-hetero) is 1. The Morgan fingerprint density at radius 2 is 1.71 bits per heavy atom. The highest BCUT2D eigenvalue weighted by molar-refractivity contribution is 6.32. The van der Waals surface area contributed by atoms with E-state index < -0.39 is 35.8 Å². The van der Waals surface area contributed by atoms with Crippen molar-refractivity contribution < 1.29 is 33.3 Å². The predicted octanol–water partition coefficient (Wildman–Crippen LogP) is 5.94. The van der Waals surface area contributed by atoms with Crippen LogP contribution in [0.4, 0.5) is 0 Å². The Morgan fingerprint density at radius 1 is 1.00 bits per heavy atom. The molecule has 0 N–H and O–H groups in total. The molecule has 0 amide bonds. The van der Waals surface area contributed by atoms with Crippen molar-refractivity contribution in [2.24, 2.45) is 5.92 Å². The average molecular weight is 540 g/mol. The van der Waals surface area contributed by atoms with Gasteiger partial charge in [-0.3, -0.25) is 14.4 Å². The third kappa shape index (κ3) is 7.32. The molecular formula is C29H30ClNO7. The zero-order chi connectivity index (χ0) is 27.8. The molecule has 1 heterocycles. The standard InChI is InChI=1S/C29H30ClNO7/c1-17-11-12-24(22(30)15-17)38-27(21-9-7-6-8-10-21)19(3)36-29(34)18(2)16-23(33)26-28(37-20(4)32)25(35-5)13-14-31-26/h6-15,18-19,27H,16H2,1-5H3/t18-,19+,27+/m1/s1. The first-order chi connectivity index (χ1) is 18.1. The van der Waals surface area contributed by atoms with Crippen LogP contribution in [-0.2, 0) is 14.3 Å². The van der Waals surface area contributed by atoms with Crippen LogP contribution in [0.1, 0.15) is 54.9 Å². The van der Waals surface area contributed by atoms with Gasteiger partial charge in [-0.25, -0.2) is 4.98 Å². The van der Waals surface area contributed by atoms with E-state index in [1.165, 1.54) is 26.3 Å². The number of halogens is 1. The first-order valence-corrected chi connectivity index (χ1v) is 12.4. The number of esters is 2. The topological polar surface area (TPSA) is 101 Å². The van der Waals surface area contributed by atoms with Crippen LogP contribution >= 0.6 is 11.6 Å². The highest BCUT2D eigenvalue weighted by Crippen LogP contribution is 2.33. The second-order valence-electron chi connectivity index (χ2n) is 8.84. The Labute approximate surface area is 226 Å². The second kappa shape index (κ2) is 13.1. The SMILES string of the molecule is COc1ccnc(C(=O)C[C@@H](C)C(=O)O[C@@H](C)[C@H](Oc2ccc(C)cc2Cl)c2ccccc2)c1OC(C)=O. The number of pyridine rings is 1. The van der Waals surface area contributed by atoms with Gasteiger partial charge < -0.3 is 18.9 Å². The molecule has 0 saturated carbocycles. The maximum absolute atomic E-state index is 13.0. The van der Waals surface area contributed by atoms with E-state index in [1.54, 1.807) is 26.0 Å². The molecule has 3 aromatic rings. The smallest absolute Gasteiger partial charge is 0.309 e. The zero-order valence-electron chi connectivity index (χ0n) is 21.9. The van der Waals surface area contributed by atoms with Crippen molar-refractivity contribution >= 4 is 29.3 Å². The van der Waals surface area contributed by atoms with Gasteiger partial charge in [-0.15, -0.1) is 0 Å². The minimum atomic E-state index is -0.817. The Kier molecular flexibility index (Phi) is 9.85. The minimum Gasteiger partial charge on any atom is -0.493 e. The number of ether oxygens (including phenoxy) is 4. The van der Waals surface area contributed by atoms with Gasteiger partial charge in [-0.2, -0.15) is 0 Å². The highest BCUT2D eigenvalue weighted by atomic mass is 35.5. The van der Waals surface area contributed by atoms with E-state index in [0.717, 1.165) is 11.1 Å². The molecule has 0 radical (unpaired) electrons. The van der Waals surface area contributed by atoms with Crippen LogP contribution in [0, 0.1) is 12.8 Å². The summed E-state index contributed by atoms with van der Waals surface area (Å²) in [5.74, 6) is -2.00. The van der Waals surface area contributed by atoms with Crippen molar-refractivity contribution in [3.05, 3.63) is 82.6 Å². The molecule has 38 heavy (non-hydrogen) atoms.